The molecule has 0 bridgehead atoms. The molecule has 1 N–H and O–H groups in total. The summed E-state index contributed by atoms with van der Waals surface area (Å²) in [5.74, 6) is 1.43. The van der Waals surface area contributed by atoms with Crippen molar-refractivity contribution in [3.8, 4) is 0 Å². The fourth-order valence-corrected chi connectivity index (χ4v) is 3.98. The lowest BCUT2D eigenvalue weighted by atomic mass is 9.74. The fraction of sp³-hybridized carbons (Fsp3) is 0.389. The van der Waals surface area contributed by atoms with Crippen molar-refractivity contribution in [3.63, 3.8) is 0 Å². The van der Waals surface area contributed by atoms with Gasteiger partial charge in [0.25, 0.3) is 0 Å². The molecule has 1 unspecified atom stereocenters. The number of rotatable bonds is 2. The Labute approximate surface area is 135 Å². The van der Waals surface area contributed by atoms with Crippen molar-refractivity contribution < 1.29 is 4.79 Å². The van der Waals surface area contributed by atoms with Gasteiger partial charge in [-0.05, 0) is 42.7 Å². The van der Waals surface area contributed by atoms with Crippen LogP contribution in [-0.4, -0.2) is 34.5 Å². The smallest absolute Gasteiger partial charge is 0.221 e. The first-order valence-electron chi connectivity index (χ1n) is 8.14. The zero-order valence-electron chi connectivity index (χ0n) is 13.0. The monoisotopic (exact) mass is 308 g/mol. The van der Waals surface area contributed by atoms with E-state index < -0.39 is 0 Å². The van der Waals surface area contributed by atoms with Crippen molar-refractivity contribution in [3.05, 3.63) is 54.5 Å². The lowest BCUT2D eigenvalue weighted by Crippen LogP contribution is -2.53. The number of nitrogens with zero attached hydrogens (tertiary/aromatic N) is 3. The summed E-state index contributed by atoms with van der Waals surface area (Å²) in [7, 11) is 0. The molecule has 5 heteroatoms. The van der Waals surface area contributed by atoms with E-state index in [2.05, 4.69) is 20.2 Å². The molecule has 118 valence electrons. The first kappa shape index (κ1) is 14.2. The SMILES string of the molecule is O=C1CC(c2ccncc2)C2(CCN(c3ccccn3)CC2)N1. The first-order valence-corrected chi connectivity index (χ1v) is 8.14. The number of carbonyl (C=O) groups is 1. The summed E-state index contributed by atoms with van der Waals surface area (Å²) in [5.41, 5.74) is 1.09. The number of piperidine rings is 1. The summed E-state index contributed by atoms with van der Waals surface area (Å²) in [4.78, 5) is 22.9. The van der Waals surface area contributed by atoms with E-state index in [0.29, 0.717) is 6.42 Å². The van der Waals surface area contributed by atoms with Crippen LogP contribution in [0.1, 0.15) is 30.7 Å². The second-order valence-electron chi connectivity index (χ2n) is 6.42. The van der Waals surface area contributed by atoms with Crippen LogP contribution in [0.25, 0.3) is 0 Å². The number of anilines is 1. The summed E-state index contributed by atoms with van der Waals surface area (Å²) in [6.07, 6.45) is 7.93. The molecule has 0 aliphatic carbocycles. The van der Waals surface area contributed by atoms with E-state index >= 15 is 0 Å². The quantitative estimate of drug-likeness (QED) is 0.923. The van der Waals surface area contributed by atoms with Crippen LogP contribution < -0.4 is 10.2 Å². The van der Waals surface area contributed by atoms with E-state index in [9.17, 15) is 4.79 Å². The molecule has 23 heavy (non-hydrogen) atoms. The maximum absolute atomic E-state index is 12.1. The number of hydrogen-bond donors (Lipinski definition) is 1. The first-order chi connectivity index (χ1) is 11.3. The normalized spacial score (nSPS) is 23.0. The summed E-state index contributed by atoms with van der Waals surface area (Å²) < 4.78 is 0. The molecule has 1 atom stereocenters. The number of carbonyl (C=O) groups excluding carboxylic acids is 1. The van der Waals surface area contributed by atoms with Crippen molar-refractivity contribution in [2.24, 2.45) is 0 Å². The summed E-state index contributed by atoms with van der Waals surface area (Å²) in [6, 6.07) is 10.1. The van der Waals surface area contributed by atoms with Gasteiger partial charge >= 0.3 is 0 Å². The number of pyridine rings is 2. The average Bonchev–Trinajstić information content (AvgIpc) is 2.93. The van der Waals surface area contributed by atoms with Crippen LogP contribution in [0.15, 0.2) is 48.9 Å². The number of nitrogens with one attached hydrogen (secondary N) is 1. The Balaban J connectivity index is 1.56. The Hall–Kier alpha value is -2.43. The molecule has 1 amide bonds. The van der Waals surface area contributed by atoms with E-state index in [0.717, 1.165) is 31.7 Å². The Morgan fingerprint density at radius 1 is 1.09 bits per heavy atom. The number of aromatic nitrogens is 2. The van der Waals surface area contributed by atoms with Crippen molar-refractivity contribution in [2.75, 3.05) is 18.0 Å². The molecule has 2 aliphatic heterocycles. The van der Waals surface area contributed by atoms with Gasteiger partial charge in [0.1, 0.15) is 5.82 Å². The highest BCUT2D eigenvalue weighted by Crippen LogP contribution is 2.43. The predicted molar refractivity (Wildman–Crippen MR) is 88.2 cm³/mol. The van der Waals surface area contributed by atoms with Gasteiger partial charge in [0.15, 0.2) is 0 Å². The zero-order chi connectivity index (χ0) is 15.7. The molecule has 0 aromatic carbocycles. The van der Waals surface area contributed by atoms with Crippen LogP contribution in [0.2, 0.25) is 0 Å². The Morgan fingerprint density at radius 3 is 2.57 bits per heavy atom. The van der Waals surface area contributed by atoms with E-state index in [1.165, 1.54) is 5.56 Å². The second-order valence-corrected chi connectivity index (χ2v) is 6.42. The van der Waals surface area contributed by atoms with E-state index in [-0.39, 0.29) is 17.4 Å². The zero-order valence-corrected chi connectivity index (χ0v) is 13.0. The Morgan fingerprint density at radius 2 is 1.87 bits per heavy atom. The molecule has 4 rings (SSSR count). The van der Waals surface area contributed by atoms with Gasteiger partial charge in [-0.15, -0.1) is 0 Å². The van der Waals surface area contributed by atoms with Gasteiger partial charge in [0.05, 0.1) is 5.54 Å². The van der Waals surface area contributed by atoms with Gasteiger partial charge in [0.2, 0.25) is 5.91 Å². The number of hydrogen-bond acceptors (Lipinski definition) is 4. The highest BCUT2D eigenvalue weighted by atomic mass is 16.2. The minimum Gasteiger partial charge on any atom is -0.356 e. The molecule has 2 aromatic rings. The maximum Gasteiger partial charge on any atom is 0.221 e. The third-order valence-electron chi connectivity index (χ3n) is 5.18. The molecule has 2 aromatic heterocycles. The van der Waals surface area contributed by atoms with Crippen LogP contribution in [0.4, 0.5) is 5.82 Å². The largest absolute Gasteiger partial charge is 0.356 e. The van der Waals surface area contributed by atoms with Gasteiger partial charge in [-0.1, -0.05) is 6.07 Å². The molecular formula is C18H20N4O. The number of amides is 1. The highest BCUT2D eigenvalue weighted by molar-refractivity contribution is 5.81. The molecular weight excluding hydrogens is 288 g/mol. The third kappa shape index (κ3) is 2.56. The highest BCUT2D eigenvalue weighted by Gasteiger charge is 2.48. The predicted octanol–water partition coefficient (Wildman–Crippen LogP) is 2.12. The topological polar surface area (TPSA) is 58.1 Å². The Bertz CT molecular complexity index is 681. The second kappa shape index (κ2) is 5.65. The average molecular weight is 308 g/mol. The van der Waals surface area contributed by atoms with Gasteiger partial charge in [-0.3, -0.25) is 9.78 Å². The van der Waals surface area contributed by atoms with Crippen molar-refractivity contribution in [1.29, 1.82) is 0 Å². The van der Waals surface area contributed by atoms with Crippen molar-refractivity contribution >= 4 is 11.7 Å². The van der Waals surface area contributed by atoms with Gasteiger partial charge in [-0.25, -0.2) is 4.98 Å². The molecule has 2 aliphatic rings. The minimum atomic E-state index is -0.121. The Kier molecular flexibility index (Phi) is 3.48. The lowest BCUT2D eigenvalue weighted by Gasteiger charge is -2.43. The van der Waals surface area contributed by atoms with E-state index in [1.807, 2.05) is 48.9 Å². The lowest BCUT2D eigenvalue weighted by molar-refractivity contribution is -0.119. The minimum absolute atomic E-state index is 0.121. The van der Waals surface area contributed by atoms with Crippen LogP contribution in [0.5, 0.6) is 0 Å². The fourth-order valence-electron chi connectivity index (χ4n) is 3.98. The molecule has 4 heterocycles. The van der Waals surface area contributed by atoms with Crippen LogP contribution >= 0.6 is 0 Å². The van der Waals surface area contributed by atoms with Gasteiger partial charge < -0.3 is 10.2 Å². The van der Waals surface area contributed by atoms with Gasteiger partial charge in [-0.2, -0.15) is 0 Å². The molecule has 5 nitrogen and oxygen atoms in total. The van der Waals surface area contributed by atoms with Crippen LogP contribution in [0, 0.1) is 0 Å². The third-order valence-corrected chi connectivity index (χ3v) is 5.18. The van der Waals surface area contributed by atoms with Crippen LogP contribution in [-0.2, 0) is 4.79 Å². The van der Waals surface area contributed by atoms with E-state index in [1.54, 1.807) is 0 Å². The van der Waals surface area contributed by atoms with Gasteiger partial charge in [0, 0.05) is 44.0 Å². The van der Waals surface area contributed by atoms with Crippen molar-refractivity contribution in [2.45, 2.75) is 30.7 Å². The molecule has 2 fully saturated rings. The van der Waals surface area contributed by atoms with Crippen LogP contribution in [0.3, 0.4) is 0 Å². The standard InChI is InChI=1S/C18H20N4O/c23-17-13-15(14-4-9-19-10-5-14)18(21-17)6-11-22(12-7-18)16-3-1-2-8-20-16/h1-5,8-10,15H,6-7,11-13H2,(H,21,23). The summed E-state index contributed by atoms with van der Waals surface area (Å²) >= 11 is 0. The maximum atomic E-state index is 12.1. The molecule has 0 saturated carbocycles. The molecule has 1 spiro atoms. The molecule has 0 radical (unpaired) electrons. The summed E-state index contributed by atoms with van der Waals surface area (Å²) in [6.45, 7) is 1.83. The summed E-state index contributed by atoms with van der Waals surface area (Å²) in [5, 5.41) is 3.28. The molecule has 2 saturated heterocycles. The van der Waals surface area contributed by atoms with E-state index in [4.69, 9.17) is 0 Å². The van der Waals surface area contributed by atoms with Crippen molar-refractivity contribution in [1.82, 2.24) is 15.3 Å².